The number of nitrogens with one attached hydrogen (secondary N) is 2. The summed E-state index contributed by atoms with van der Waals surface area (Å²) in [4.78, 5) is 16.2. The molecule has 3 rings (SSSR count). The molecule has 1 fully saturated rings. The number of pyridine rings is 1. The molecule has 21 heavy (non-hydrogen) atoms. The van der Waals surface area contributed by atoms with E-state index in [1.165, 1.54) is 0 Å². The first-order valence-corrected chi connectivity index (χ1v) is 7.80. The maximum absolute atomic E-state index is 11.9. The van der Waals surface area contributed by atoms with E-state index in [-0.39, 0.29) is 11.8 Å². The van der Waals surface area contributed by atoms with Gasteiger partial charge >= 0.3 is 0 Å². The van der Waals surface area contributed by atoms with E-state index in [4.69, 9.17) is 0 Å². The zero-order valence-corrected chi connectivity index (χ0v) is 13.1. The van der Waals surface area contributed by atoms with Gasteiger partial charge in [0.15, 0.2) is 0 Å². The van der Waals surface area contributed by atoms with Gasteiger partial charge in [0, 0.05) is 10.4 Å². The molecular formula is C16H16BrN3O. The van der Waals surface area contributed by atoms with Gasteiger partial charge in [-0.1, -0.05) is 18.6 Å². The maximum atomic E-state index is 11.9. The Hall–Kier alpha value is -1.88. The fourth-order valence-corrected chi connectivity index (χ4v) is 2.54. The van der Waals surface area contributed by atoms with Gasteiger partial charge in [-0.05, 0) is 53.0 Å². The monoisotopic (exact) mass is 345 g/mol. The summed E-state index contributed by atoms with van der Waals surface area (Å²) in [6, 6.07) is 11.6. The molecule has 4 nitrogen and oxygen atoms in total. The van der Waals surface area contributed by atoms with E-state index in [1.807, 2.05) is 36.4 Å². The van der Waals surface area contributed by atoms with Crippen molar-refractivity contribution in [2.75, 3.05) is 10.6 Å². The van der Waals surface area contributed by atoms with Crippen LogP contribution >= 0.6 is 15.9 Å². The smallest absolute Gasteiger partial charge is 0.227 e. The number of aromatic nitrogens is 1. The summed E-state index contributed by atoms with van der Waals surface area (Å²) in [5, 5.41) is 6.13. The quantitative estimate of drug-likeness (QED) is 0.867. The molecule has 0 aliphatic heterocycles. The van der Waals surface area contributed by atoms with Gasteiger partial charge in [-0.2, -0.15) is 0 Å². The highest BCUT2D eigenvalue weighted by atomic mass is 79.9. The third kappa shape index (κ3) is 3.42. The first kappa shape index (κ1) is 14.1. The Morgan fingerprint density at radius 2 is 2.00 bits per heavy atom. The van der Waals surface area contributed by atoms with Crippen LogP contribution in [0.5, 0.6) is 0 Å². The van der Waals surface area contributed by atoms with E-state index >= 15 is 0 Å². The molecule has 5 heteroatoms. The van der Waals surface area contributed by atoms with Gasteiger partial charge in [0.2, 0.25) is 5.91 Å². The zero-order chi connectivity index (χ0) is 14.7. The summed E-state index contributed by atoms with van der Waals surface area (Å²) in [6.07, 6.45) is 4.84. The number of amides is 1. The lowest BCUT2D eigenvalue weighted by molar-refractivity contribution is -0.122. The second kappa shape index (κ2) is 6.26. The lowest BCUT2D eigenvalue weighted by Crippen LogP contribution is -2.28. The van der Waals surface area contributed by atoms with Crippen molar-refractivity contribution in [1.29, 1.82) is 0 Å². The lowest BCUT2D eigenvalue weighted by Gasteiger charge is -2.23. The van der Waals surface area contributed by atoms with Crippen LogP contribution in [-0.4, -0.2) is 10.9 Å². The van der Waals surface area contributed by atoms with Crippen LogP contribution in [0, 0.1) is 5.92 Å². The van der Waals surface area contributed by atoms with E-state index in [0.717, 1.165) is 40.9 Å². The normalized spacial score (nSPS) is 14.3. The van der Waals surface area contributed by atoms with Crippen LogP contribution in [0.1, 0.15) is 19.3 Å². The van der Waals surface area contributed by atoms with Gasteiger partial charge in [0.1, 0.15) is 5.82 Å². The minimum absolute atomic E-state index is 0.106. The van der Waals surface area contributed by atoms with E-state index in [0.29, 0.717) is 0 Å². The number of carbonyl (C=O) groups is 1. The highest BCUT2D eigenvalue weighted by molar-refractivity contribution is 9.10. The molecule has 0 atom stereocenters. The van der Waals surface area contributed by atoms with Gasteiger partial charge in [0.05, 0.1) is 17.6 Å². The number of hydrogen-bond acceptors (Lipinski definition) is 3. The molecule has 0 unspecified atom stereocenters. The predicted molar refractivity (Wildman–Crippen MR) is 87.6 cm³/mol. The Morgan fingerprint density at radius 3 is 2.62 bits per heavy atom. The summed E-state index contributed by atoms with van der Waals surface area (Å²) in [5.74, 6) is 1.03. The second-order valence-electron chi connectivity index (χ2n) is 5.15. The van der Waals surface area contributed by atoms with Crippen LogP contribution in [-0.2, 0) is 4.79 Å². The molecule has 0 radical (unpaired) electrons. The van der Waals surface area contributed by atoms with E-state index in [9.17, 15) is 4.79 Å². The predicted octanol–water partition coefficient (Wildman–Crippen LogP) is 4.33. The topological polar surface area (TPSA) is 54.0 Å². The molecule has 0 spiro atoms. The van der Waals surface area contributed by atoms with Crippen molar-refractivity contribution in [3.8, 4) is 0 Å². The molecule has 2 aromatic rings. The van der Waals surface area contributed by atoms with Gasteiger partial charge < -0.3 is 10.6 Å². The van der Waals surface area contributed by atoms with E-state index in [1.54, 1.807) is 6.20 Å². The Balaban J connectivity index is 1.64. The minimum atomic E-state index is 0.106. The molecule has 1 saturated carbocycles. The molecule has 1 aromatic carbocycles. The molecule has 1 amide bonds. The first-order valence-electron chi connectivity index (χ1n) is 7.01. The molecule has 108 valence electrons. The van der Waals surface area contributed by atoms with Gasteiger partial charge in [-0.15, -0.1) is 0 Å². The summed E-state index contributed by atoms with van der Waals surface area (Å²) in [6.45, 7) is 0. The first-order chi connectivity index (χ1) is 10.2. The van der Waals surface area contributed by atoms with Crippen LogP contribution in [0.25, 0.3) is 0 Å². The number of hydrogen-bond donors (Lipinski definition) is 2. The number of para-hydroxylation sites is 1. The van der Waals surface area contributed by atoms with Crippen molar-refractivity contribution in [1.82, 2.24) is 4.98 Å². The number of halogens is 1. The van der Waals surface area contributed by atoms with Crippen LogP contribution in [0.15, 0.2) is 47.1 Å². The maximum Gasteiger partial charge on any atom is 0.227 e. The molecule has 1 aromatic heterocycles. The van der Waals surface area contributed by atoms with Gasteiger partial charge in [-0.3, -0.25) is 4.79 Å². The van der Waals surface area contributed by atoms with Crippen molar-refractivity contribution in [2.24, 2.45) is 5.92 Å². The third-order valence-corrected chi connectivity index (χ3v) is 4.34. The Labute approximate surface area is 132 Å². The number of benzene rings is 1. The standard InChI is InChI=1S/C16H16BrN3O/c17-13-6-1-2-7-14(13)20-15-9-8-12(10-18-15)19-16(21)11-4-3-5-11/h1-2,6-11H,3-5H2,(H,18,20)(H,19,21). The average molecular weight is 346 g/mol. The fraction of sp³-hybridized carbons (Fsp3) is 0.250. The SMILES string of the molecule is O=C(Nc1ccc(Nc2ccccc2Br)nc1)C1CCC1. The molecule has 0 saturated heterocycles. The summed E-state index contributed by atoms with van der Waals surface area (Å²) in [7, 11) is 0. The summed E-state index contributed by atoms with van der Waals surface area (Å²) in [5.41, 5.74) is 1.70. The van der Waals surface area contributed by atoms with Crippen molar-refractivity contribution in [3.63, 3.8) is 0 Å². The van der Waals surface area contributed by atoms with Crippen LogP contribution in [0.4, 0.5) is 17.2 Å². The highest BCUT2D eigenvalue weighted by Crippen LogP contribution is 2.28. The average Bonchev–Trinajstić information content (AvgIpc) is 2.41. The van der Waals surface area contributed by atoms with Crippen molar-refractivity contribution in [3.05, 3.63) is 47.1 Å². The fourth-order valence-electron chi connectivity index (χ4n) is 2.16. The van der Waals surface area contributed by atoms with Crippen LogP contribution in [0.2, 0.25) is 0 Å². The van der Waals surface area contributed by atoms with E-state index in [2.05, 4.69) is 31.5 Å². The number of anilines is 3. The minimum Gasteiger partial charge on any atom is -0.339 e. The Bertz CT molecular complexity index is 638. The van der Waals surface area contributed by atoms with E-state index < -0.39 is 0 Å². The number of rotatable bonds is 4. The number of nitrogens with zero attached hydrogens (tertiary/aromatic N) is 1. The summed E-state index contributed by atoms with van der Waals surface area (Å²) >= 11 is 3.48. The van der Waals surface area contributed by atoms with Gasteiger partial charge in [-0.25, -0.2) is 4.98 Å². The largest absolute Gasteiger partial charge is 0.339 e. The molecular weight excluding hydrogens is 330 g/mol. The van der Waals surface area contributed by atoms with Crippen molar-refractivity contribution in [2.45, 2.75) is 19.3 Å². The van der Waals surface area contributed by atoms with Crippen molar-refractivity contribution >= 4 is 39.0 Å². The zero-order valence-electron chi connectivity index (χ0n) is 11.5. The van der Waals surface area contributed by atoms with Gasteiger partial charge in [0.25, 0.3) is 0 Å². The third-order valence-electron chi connectivity index (χ3n) is 3.64. The molecule has 2 N–H and O–H groups in total. The highest BCUT2D eigenvalue weighted by Gasteiger charge is 2.25. The molecule has 1 heterocycles. The lowest BCUT2D eigenvalue weighted by atomic mass is 9.85. The van der Waals surface area contributed by atoms with Crippen LogP contribution in [0.3, 0.4) is 0 Å². The number of carbonyl (C=O) groups excluding carboxylic acids is 1. The molecule has 1 aliphatic rings. The second-order valence-corrected chi connectivity index (χ2v) is 6.01. The Morgan fingerprint density at radius 1 is 1.19 bits per heavy atom. The Kier molecular flexibility index (Phi) is 4.20. The summed E-state index contributed by atoms with van der Waals surface area (Å²) < 4.78 is 0.981. The molecule has 1 aliphatic carbocycles. The van der Waals surface area contributed by atoms with Crippen LogP contribution < -0.4 is 10.6 Å². The molecule has 0 bridgehead atoms. The van der Waals surface area contributed by atoms with Crippen molar-refractivity contribution < 1.29 is 4.79 Å².